The molecule has 0 aliphatic carbocycles. The maximum atomic E-state index is 11.5. The second kappa shape index (κ2) is 14.1. The van der Waals surface area contributed by atoms with Gasteiger partial charge in [-0.3, -0.25) is 4.99 Å². The van der Waals surface area contributed by atoms with Crippen molar-refractivity contribution in [2.24, 2.45) is 4.99 Å². The molecule has 0 aliphatic heterocycles. The summed E-state index contributed by atoms with van der Waals surface area (Å²) in [5, 5.41) is 9.00. The van der Waals surface area contributed by atoms with Crippen molar-refractivity contribution < 1.29 is 19.0 Å². The third-order valence-electron chi connectivity index (χ3n) is 3.23. The Morgan fingerprint density at radius 3 is 2.36 bits per heavy atom. The molecule has 0 aromatic heterocycles. The lowest BCUT2D eigenvalue weighted by molar-refractivity contribution is 0.0529. The molecule has 0 heterocycles. The van der Waals surface area contributed by atoms with Gasteiger partial charge in [0.05, 0.1) is 13.7 Å². The fourth-order valence-electron chi connectivity index (χ4n) is 2.04. The number of nitrogens with one attached hydrogen (secondary N) is 3. The molecule has 0 bridgehead atoms. The zero-order chi connectivity index (χ0) is 20.1. The summed E-state index contributed by atoms with van der Waals surface area (Å²) in [5.41, 5.74) is -0.498. The van der Waals surface area contributed by atoms with E-state index in [1.54, 1.807) is 14.2 Å². The molecule has 0 atom stereocenters. The van der Waals surface area contributed by atoms with Crippen LogP contribution < -0.4 is 25.4 Å². The Morgan fingerprint density at radius 2 is 1.71 bits per heavy atom. The lowest BCUT2D eigenvalue weighted by Crippen LogP contribution is -2.42. The van der Waals surface area contributed by atoms with Crippen LogP contribution in [0.4, 0.5) is 4.79 Å². The summed E-state index contributed by atoms with van der Waals surface area (Å²) in [7, 11) is 3.33. The van der Waals surface area contributed by atoms with E-state index in [2.05, 4.69) is 20.9 Å². The number of guanidine groups is 1. The molecule has 1 amide bonds. The molecule has 0 aliphatic rings. The molecule has 28 heavy (non-hydrogen) atoms. The Balaban J connectivity index is 0.00000729. The molecule has 0 fully saturated rings. The van der Waals surface area contributed by atoms with Gasteiger partial charge in [-0.25, -0.2) is 4.79 Å². The molecule has 0 spiro atoms. The monoisotopic (exact) mass is 508 g/mol. The van der Waals surface area contributed by atoms with E-state index < -0.39 is 11.7 Å². The number of aliphatic imine (C=N–C) groups is 1. The van der Waals surface area contributed by atoms with Crippen LogP contribution >= 0.6 is 24.0 Å². The molecule has 1 aromatic carbocycles. The van der Waals surface area contributed by atoms with E-state index in [4.69, 9.17) is 14.2 Å². The van der Waals surface area contributed by atoms with Gasteiger partial charge in [0.2, 0.25) is 0 Å². The number of halogens is 1. The van der Waals surface area contributed by atoms with Crippen molar-refractivity contribution in [3.63, 3.8) is 0 Å². The first-order valence-corrected chi connectivity index (χ1v) is 9.02. The van der Waals surface area contributed by atoms with Gasteiger partial charge in [-0.05, 0) is 39.3 Å². The van der Waals surface area contributed by atoms with Crippen LogP contribution in [0.25, 0.3) is 0 Å². The molecule has 0 saturated carbocycles. The number of alkyl carbamates (subject to hydrolysis) is 1. The highest BCUT2D eigenvalue weighted by Crippen LogP contribution is 2.18. The lowest BCUT2D eigenvalue weighted by Gasteiger charge is -2.19. The Bertz CT molecular complexity index is 606. The van der Waals surface area contributed by atoms with E-state index in [0.717, 1.165) is 17.9 Å². The zero-order valence-electron chi connectivity index (χ0n) is 17.3. The molecule has 3 N–H and O–H groups in total. The zero-order valence-corrected chi connectivity index (χ0v) is 19.7. The molecule has 1 aromatic rings. The van der Waals surface area contributed by atoms with Crippen LogP contribution in [-0.4, -0.2) is 58.1 Å². The highest BCUT2D eigenvalue weighted by atomic mass is 127. The quantitative estimate of drug-likeness (QED) is 0.206. The number of nitrogens with zero attached hydrogens (tertiary/aromatic N) is 1. The van der Waals surface area contributed by atoms with Crippen LogP contribution in [0.2, 0.25) is 0 Å². The van der Waals surface area contributed by atoms with Gasteiger partial charge in [0.1, 0.15) is 17.1 Å². The van der Waals surface area contributed by atoms with Crippen molar-refractivity contribution in [3.8, 4) is 11.5 Å². The van der Waals surface area contributed by atoms with E-state index in [9.17, 15) is 4.79 Å². The van der Waals surface area contributed by atoms with Gasteiger partial charge in [0, 0.05) is 32.7 Å². The number of hydrogen-bond acceptors (Lipinski definition) is 5. The molecule has 160 valence electrons. The topological polar surface area (TPSA) is 93.2 Å². The number of carbonyl (C=O) groups is 1. The summed E-state index contributed by atoms with van der Waals surface area (Å²) >= 11 is 0. The SMILES string of the molecule is CN=C(NCCCOc1cccc(OC)c1)NCCNC(=O)OC(C)(C)C.I. The number of carbonyl (C=O) groups excluding carboxylic acids is 1. The number of methoxy groups -OCH3 is 1. The van der Waals surface area contributed by atoms with Gasteiger partial charge in [0.15, 0.2) is 5.96 Å². The average Bonchev–Trinajstić information content (AvgIpc) is 2.61. The standard InChI is InChI=1S/C19H32N4O4.HI/c1-19(2,3)27-18(24)23-12-11-22-17(20-4)21-10-7-13-26-16-9-6-8-15(14-16)25-5;/h6,8-9,14H,7,10-13H2,1-5H3,(H,23,24)(H2,20,21,22);1H. The maximum Gasteiger partial charge on any atom is 0.407 e. The van der Waals surface area contributed by atoms with E-state index in [1.165, 1.54) is 0 Å². The first-order chi connectivity index (χ1) is 12.8. The van der Waals surface area contributed by atoms with E-state index in [1.807, 2.05) is 45.0 Å². The van der Waals surface area contributed by atoms with Gasteiger partial charge >= 0.3 is 6.09 Å². The van der Waals surface area contributed by atoms with Gasteiger partial charge in [-0.2, -0.15) is 0 Å². The van der Waals surface area contributed by atoms with Crippen LogP contribution in [0.3, 0.4) is 0 Å². The summed E-state index contributed by atoms with van der Waals surface area (Å²) in [5.74, 6) is 2.22. The maximum absolute atomic E-state index is 11.5. The highest BCUT2D eigenvalue weighted by Gasteiger charge is 2.15. The predicted molar refractivity (Wildman–Crippen MR) is 122 cm³/mol. The minimum absolute atomic E-state index is 0. The van der Waals surface area contributed by atoms with Crippen molar-refractivity contribution in [1.29, 1.82) is 0 Å². The first kappa shape index (κ1) is 26.1. The molecule has 1 rings (SSSR count). The second-order valence-electron chi connectivity index (χ2n) is 6.74. The Kier molecular flexibility index (Phi) is 13.2. The number of rotatable bonds is 9. The van der Waals surface area contributed by atoms with Crippen LogP contribution in [0.15, 0.2) is 29.3 Å². The summed E-state index contributed by atoms with van der Waals surface area (Å²) in [6, 6.07) is 7.52. The summed E-state index contributed by atoms with van der Waals surface area (Å²) in [4.78, 5) is 15.7. The highest BCUT2D eigenvalue weighted by molar-refractivity contribution is 14.0. The molecule has 0 radical (unpaired) electrons. The number of benzene rings is 1. The fraction of sp³-hybridized carbons (Fsp3) is 0.579. The Labute approximate surface area is 184 Å². The van der Waals surface area contributed by atoms with Gasteiger partial charge in [-0.15, -0.1) is 24.0 Å². The molecule has 8 nitrogen and oxygen atoms in total. The predicted octanol–water partition coefficient (Wildman–Crippen LogP) is 2.77. The van der Waals surface area contributed by atoms with Gasteiger partial charge in [-0.1, -0.05) is 6.07 Å². The van der Waals surface area contributed by atoms with E-state index >= 15 is 0 Å². The third-order valence-corrected chi connectivity index (χ3v) is 3.23. The Hall–Kier alpha value is -1.91. The first-order valence-electron chi connectivity index (χ1n) is 9.02. The minimum Gasteiger partial charge on any atom is -0.497 e. The molecular weight excluding hydrogens is 475 g/mol. The number of hydrogen-bond donors (Lipinski definition) is 3. The smallest absolute Gasteiger partial charge is 0.407 e. The van der Waals surface area contributed by atoms with Crippen LogP contribution in [0, 0.1) is 0 Å². The lowest BCUT2D eigenvalue weighted by atomic mass is 10.2. The number of amides is 1. The van der Waals surface area contributed by atoms with Crippen LogP contribution in [-0.2, 0) is 4.74 Å². The fourth-order valence-corrected chi connectivity index (χ4v) is 2.04. The normalized spacial score (nSPS) is 11.1. The largest absolute Gasteiger partial charge is 0.497 e. The van der Waals surface area contributed by atoms with Crippen molar-refractivity contribution in [3.05, 3.63) is 24.3 Å². The van der Waals surface area contributed by atoms with Gasteiger partial charge in [0.25, 0.3) is 0 Å². The molecule has 0 unspecified atom stereocenters. The third kappa shape index (κ3) is 12.5. The summed E-state index contributed by atoms with van der Waals surface area (Å²) in [6.07, 6.45) is 0.385. The van der Waals surface area contributed by atoms with Crippen molar-refractivity contribution in [2.45, 2.75) is 32.8 Å². The second-order valence-corrected chi connectivity index (χ2v) is 6.74. The number of ether oxygens (including phenoxy) is 3. The van der Waals surface area contributed by atoms with E-state index in [0.29, 0.717) is 32.2 Å². The van der Waals surface area contributed by atoms with Crippen molar-refractivity contribution in [1.82, 2.24) is 16.0 Å². The molecule has 9 heteroatoms. The minimum atomic E-state index is -0.498. The average molecular weight is 508 g/mol. The van der Waals surface area contributed by atoms with Gasteiger partial charge < -0.3 is 30.2 Å². The van der Waals surface area contributed by atoms with E-state index in [-0.39, 0.29) is 24.0 Å². The van der Waals surface area contributed by atoms with Crippen molar-refractivity contribution >= 4 is 36.0 Å². The molecular formula is C19H33IN4O4. The van der Waals surface area contributed by atoms with Crippen molar-refractivity contribution in [2.75, 3.05) is 40.4 Å². The Morgan fingerprint density at radius 1 is 1.07 bits per heavy atom. The summed E-state index contributed by atoms with van der Waals surface area (Å²) < 4.78 is 16.0. The van der Waals surface area contributed by atoms with Crippen LogP contribution in [0.5, 0.6) is 11.5 Å². The summed E-state index contributed by atoms with van der Waals surface area (Å²) in [6.45, 7) is 7.76. The van der Waals surface area contributed by atoms with Crippen LogP contribution in [0.1, 0.15) is 27.2 Å². The molecule has 0 saturated heterocycles.